The summed E-state index contributed by atoms with van der Waals surface area (Å²) in [5, 5.41) is 104. The minimum Gasteiger partial charge on any atom is -0.394 e. The van der Waals surface area contributed by atoms with E-state index in [1.165, 1.54) is 0 Å². The minimum atomic E-state index is -1.80. The van der Waals surface area contributed by atoms with Crippen molar-refractivity contribution in [2.45, 2.75) is 154 Å². The lowest BCUT2D eigenvalue weighted by atomic mass is 9.84. The molecule has 5 aliphatic rings. The molecule has 0 aromatic rings. The first-order chi connectivity index (χ1) is 24.6. The predicted octanol–water partition coefficient (Wildman–Crippen LogP) is -10.0. The highest BCUT2D eigenvalue weighted by molar-refractivity contribution is 5.02. The van der Waals surface area contributed by atoms with Crippen molar-refractivity contribution in [2.24, 2.45) is 28.7 Å². The monoisotopic (exact) mass is 761 g/mol. The number of nitrogens with two attached hydrogens (primary N) is 5. The van der Waals surface area contributed by atoms with Gasteiger partial charge in [0.2, 0.25) is 0 Å². The second-order valence-corrected chi connectivity index (χ2v) is 13.9. The predicted molar refractivity (Wildman–Crippen MR) is 168 cm³/mol. The van der Waals surface area contributed by atoms with E-state index in [1.54, 1.807) is 0 Å². The van der Waals surface area contributed by atoms with Crippen molar-refractivity contribution in [3.8, 4) is 0 Å². The molecule has 23 heteroatoms. The zero-order chi connectivity index (χ0) is 38.2. The highest BCUT2D eigenvalue weighted by Gasteiger charge is 2.55. The van der Waals surface area contributed by atoms with Gasteiger partial charge in [0.15, 0.2) is 25.2 Å². The summed E-state index contributed by atoms with van der Waals surface area (Å²) in [6.45, 7) is -2.26. The molecule has 0 amide bonds. The first kappa shape index (κ1) is 42.2. The maximum absolute atomic E-state index is 11.4. The molecule has 4 heterocycles. The Morgan fingerprint density at radius 1 is 0.442 bits per heavy atom. The minimum absolute atomic E-state index is 0.0266. The van der Waals surface area contributed by atoms with Crippen molar-refractivity contribution in [1.29, 1.82) is 0 Å². The van der Waals surface area contributed by atoms with Crippen molar-refractivity contribution < 1.29 is 89.0 Å². The van der Waals surface area contributed by atoms with Crippen molar-refractivity contribution in [3.63, 3.8) is 0 Å². The highest BCUT2D eigenvalue weighted by atomic mass is 16.8. The average molecular weight is 762 g/mol. The SMILES string of the molecule is NC[C@@H]1O[C@H](O[C@H]2[C@@H](O)[C@@H](O[C@@H]3[C@H](O)[C@H](N)C[C@H](N)[C@@H]3O[C@@H]3O[C@@H](CO)[C@@H](O)C[C@@H]3N)O[C@H]2CO)[C@H](N)[C@H](O)[C@H]1O[C@H]1O[C@@H](CO)[C@H](O)[C@@H](O)[C@@H]1O. The van der Waals surface area contributed by atoms with Crippen LogP contribution in [-0.2, 0) is 37.9 Å². The molecular weight excluding hydrogens is 706 g/mol. The summed E-state index contributed by atoms with van der Waals surface area (Å²) in [6, 6.07) is -4.01. The Hall–Kier alpha value is -0.920. The number of aliphatic hydroxyl groups is 10. The van der Waals surface area contributed by atoms with Crippen LogP contribution in [0.25, 0.3) is 0 Å². The third-order valence-corrected chi connectivity index (χ3v) is 10.3. The van der Waals surface area contributed by atoms with Crippen LogP contribution in [0.4, 0.5) is 0 Å². The van der Waals surface area contributed by atoms with E-state index in [9.17, 15) is 51.1 Å². The van der Waals surface area contributed by atoms with Crippen molar-refractivity contribution in [2.75, 3.05) is 26.4 Å². The summed E-state index contributed by atoms with van der Waals surface area (Å²) in [4.78, 5) is 0. The molecule has 0 spiro atoms. The fourth-order valence-corrected chi connectivity index (χ4v) is 7.16. The Morgan fingerprint density at radius 3 is 1.60 bits per heavy atom. The molecule has 5 rings (SSSR count). The van der Waals surface area contributed by atoms with Crippen LogP contribution < -0.4 is 28.7 Å². The van der Waals surface area contributed by atoms with Crippen LogP contribution in [0.15, 0.2) is 0 Å². The largest absolute Gasteiger partial charge is 0.394 e. The first-order valence-corrected chi connectivity index (χ1v) is 17.2. The Morgan fingerprint density at radius 2 is 0.962 bits per heavy atom. The fraction of sp³-hybridized carbons (Fsp3) is 1.00. The Kier molecular flexibility index (Phi) is 14.5. The van der Waals surface area contributed by atoms with Crippen LogP contribution in [0.2, 0.25) is 0 Å². The van der Waals surface area contributed by atoms with Crippen molar-refractivity contribution >= 4 is 0 Å². The topological polar surface area (TPSA) is 406 Å². The number of rotatable bonds is 12. The molecule has 4 saturated heterocycles. The van der Waals surface area contributed by atoms with Crippen LogP contribution in [0.1, 0.15) is 12.8 Å². The summed E-state index contributed by atoms with van der Waals surface area (Å²) < 4.78 is 46.4. The van der Waals surface area contributed by atoms with Gasteiger partial charge in [0, 0.05) is 18.6 Å². The Balaban J connectivity index is 1.26. The first-order valence-electron chi connectivity index (χ1n) is 17.2. The van der Waals surface area contributed by atoms with Crippen LogP contribution in [-0.4, -0.2) is 218 Å². The number of hydrogen-bond donors (Lipinski definition) is 15. The third kappa shape index (κ3) is 8.57. The highest BCUT2D eigenvalue weighted by Crippen LogP contribution is 2.35. The fourth-order valence-electron chi connectivity index (χ4n) is 7.16. The molecule has 20 N–H and O–H groups in total. The van der Waals surface area contributed by atoms with Crippen molar-refractivity contribution in [3.05, 3.63) is 0 Å². The molecule has 0 unspecified atom stereocenters. The lowest BCUT2D eigenvalue weighted by Crippen LogP contribution is -2.67. The molecule has 1 saturated carbocycles. The molecule has 0 aromatic heterocycles. The van der Waals surface area contributed by atoms with Gasteiger partial charge in [-0.3, -0.25) is 0 Å². The summed E-state index contributed by atoms with van der Waals surface area (Å²) in [7, 11) is 0. The molecule has 23 nitrogen and oxygen atoms in total. The zero-order valence-corrected chi connectivity index (χ0v) is 28.1. The van der Waals surface area contributed by atoms with Gasteiger partial charge in [-0.1, -0.05) is 0 Å². The lowest BCUT2D eigenvalue weighted by molar-refractivity contribution is -0.348. The summed E-state index contributed by atoms with van der Waals surface area (Å²) in [6.07, 6.45) is -26.9. The maximum Gasteiger partial charge on any atom is 0.187 e. The molecule has 23 atom stereocenters. The van der Waals surface area contributed by atoms with Gasteiger partial charge in [0.05, 0.1) is 44.1 Å². The normalized spacial score (nSPS) is 53.2. The van der Waals surface area contributed by atoms with E-state index in [0.717, 1.165) is 0 Å². The molecular formula is C29H55N5O18. The third-order valence-electron chi connectivity index (χ3n) is 10.3. The van der Waals surface area contributed by atoms with Gasteiger partial charge in [-0.15, -0.1) is 0 Å². The molecule has 4 aliphatic heterocycles. The van der Waals surface area contributed by atoms with Crippen LogP contribution in [0.3, 0.4) is 0 Å². The summed E-state index contributed by atoms with van der Waals surface area (Å²) >= 11 is 0. The molecule has 0 radical (unpaired) electrons. The molecule has 52 heavy (non-hydrogen) atoms. The lowest BCUT2D eigenvalue weighted by Gasteiger charge is -2.47. The van der Waals surface area contributed by atoms with E-state index in [0.29, 0.717) is 0 Å². The van der Waals surface area contributed by atoms with Gasteiger partial charge in [-0.2, -0.15) is 0 Å². The van der Waals surface area contributed by atoms with Gasteiger partial charge >= 0.3 is 0 Å². The van der Waals surface area contributed by atoms with E-state index in [1.807, 2.05) is 0 Å². The smallest absolute Gasteiger partial charge is 0.187 e. The summed E-state index contributed by atoms with van der Waals surface area (Å²) in [5.74, 6) is 0. The quantitative estimate of drug-likeness (QED) is 0.0877. The Bertz CT molecular complexity index is 1120. The molecule has 0 aromatic carbocycles. The maximum atomic E-state index is 11.4. The second kappa shape index (κ2) is 17.9. The van der Waals surface area contributed by atoms with Crippen LogP contribution >= 0.6 is 0 Å². The van der Waals surface area contributed by atoms with E-state index < -0.39 is 161 Å². The van der Waals surface area contributed by atoms with E-state index in [4.69, 9.17) is 66.6 Å². The van der Waals surface area contributed by atoms with Crippen molar-refractivity contribution in [1.82, 2.24) is 0 Å². The second-order valence-electron chi connectivity index (χ2n) is 13.9. The van der Waals surface area contributed by atoms with Gasteiger partial charge in [0.1, 0.15) is 79.4 Å². The van der Waals surface area contributed by atoms with Gasteiger partial charge in [-0.25, -0.2) is 0 Å². The zero-order valence-electron chi connectivity index (χ0n) is 28.1. The number of hydrogen-bond acceptors (Lipinski definition) is 23. The Labute approximate surface area is 297 Å². The van der Waals surface area contributed by atoms with Gasteiger partial charge < -0.3 is 118 Å². The molecule has 5 fully saturated rings. The van der Waals surface area contributed by atoms with E-state index in [2.05, 4.69) is 0 Å². The van der Waals surface area contributed by atoms with E-state index >= 15 is 0 Å². The van der Waals surface area contributed by atoms with Crippen LogP contribution in [0, 0.1) is 0 Å². The van der Waals surface area contributed by atoms with Gasteiger partial charge in [0.25, 0.3) is 0 Å². The molecule has 304 valence electrons. The van der Waals surface area contributed by atoms with Crippen LogP contribution in [0.5, 0.6) is 0 Å². The van der Waals surface area contributed by atoms with E-state index in [-0.39, 0.29) is 19.4 Å². The molecule has 0 bridgehead atoms. The number of ether oxygens (including phenoxy) is 8. The summed E-state index contributed by atoms with van der Waals surface area (Å²) in [5.41, 5.74) is 30.8. The average Bonchev–Trinajstić information content (AvgIpc) is 3.41. The molecule has 1 aliphatic carbocycles. The number of aliphatic hydroxyl groups excluding tert-OH is 10. The van der Waals surface area contributed by atoms with Gasteiger partial charge in [-0.05, 0) is 12.8 Å². The standard InChI is InChI=1S/C29H55N5O18/c30-3-11-23(51-28-20(43)19(42)17(40)13(5-36)47-28)18(41)15(34)27(45-11)50-24-14(6-37)48-29(21(24)44)52-25-16(39)7(31)1-8(32)22(25)49-26-9(33)2-10(38)12(4-35)46-26/h7-29,35-44H,1-6,30-34H2/t7-,8+,9+,10+,11+,12+,13+,14+,15-,16-,17+,18+,19-,20+,21-,22+,23+,24-,25-,26+,27-,28-,29-/m1/s1.